The molecule has 1 aliphatic rings. The molecule has 0 unspecified atom stereocenters. The summed E-state index contributed by atoms with van der Waals surface area (Å²) >= 11 is 13.5. The summed E-state index contributed by atoms with van der Waals surface area (Å²) in [6.45, 7) is 6.57. The number of nitrogen functional groups attached to an aromatic ring is 1. The van der Waals surface area contributed by atoms with Gasteiger partial charge in [0.1, 0.15) is 0 Å². The fourth-order valence-electron chi connectivity index (χ4n) is 4.02. The van der Waals surface area contributed by atoms with Crippen LogP contribution in [0.4, 0.5) is 10.7 Å². The van der Waals surface area contributed by atoms with Crippen LogP contribution in [0.3, 0.4) is 0 Å². The monoisotopic (exact) mass is 473 g/mol. The van der Waals surface area contributed by atoms with E-state index in [4.69, 9.17) is 28.9 Å². The van der Waals surface area contributed by atoms with E-state index in [0.717, 1.165) is 49.7 Å². The number of piperazine rings is 1. The molecule has 1 saturated heterocycles. The topological polar surface area (TPSA) is 49.6 Å². The van der Waals surface area contributed by atoms with Crippen LogP contribution in [-0.4, -0.2) is 36.9 Å². The van der Waals surface area contributed by atoms with Gasteiger partial charge >= 0.3 is 0 Å². The van der Waals surface area contributed by atoms with Crippen LogP contribution in [0.2, 0.25) is 10.0 Å². The van der Waals surface area contributed by atoms with Crippen LogP contribution in [0.15, 0.2) is 48.5 Å². The Kier molecular flexibility index (Phi) is 6.87. The highest BCUT2D eigenvalue weighted by Crippen LogP contribution is 2.35. The third kappa shape index (κ3) is 4.90. The quantitative estimate of drug-likeness (QED) is 0.462. The number of ketones is 1. The number of hydrogen-bond donors (Lipinski definition) is 1. The van der Waals surface area contributed by atoms with Crippen LogP contribution < -0.4 is 10.6 Å². The highest BCUT2D eigenvalue weighted by molar-refractivity contribution is 7.16. The number of thiophene rings is 1. The predicted molar refractivity (Wildman–Crippen MR) is 132 cm³/mol. The molecular formula is C24H25Cl2N3OS. The maximum absolute atomic E-state index is 13.3. The van der Waals surface area contributed by atoms with Gasteiger partial charge < -0.3 is 10.6 Å². The number of carbonyl (C=O) groups excluding carboxylic acids is 1. The Morgan fingerprint density at radius 2 is 1.55 bits per heavy atom. The number of nitrogens with zero attached hydrogens (tertiary/aromatic N) is 2. The number of benzene rings is 2. The summed E-state index contributed by atoms with van der Waals surface area (Å²) in [5.74, 6) is -0.0279. The first-order valence-electron chi connectivity index (χ1n) is 10.4. The van der Waals surface area contributed by atoms with Crippen LogP contribution in [0.5, 0.6) is 0 Å². The third-order valence-corrected chi connectivity index (χ3v) is 7.43. The summed E-state index contributed by atoms with van der Waals surface area (Å²) in [4.78, 5) is 19.2. The van der Waals surface area contributed by atoms with Crippen molar-refractivity contribution < 1.29 is 4.79 Å². The Morgan fingerprint density at radius 1 is 0.968 bits per heavy atom. The standard InChI is InChI=1S/C24H25Cl2N3OS/c1-2-21-20(22(24(27)31-21)23(30)16-3-5-17(25)6-4-16)15-28-11-13-29(14-12-28)19-9-7-18(26)8-10-19/h3-10H,2,11-15,27H2,1H3. The van der Waals surface area contributed by atoms with Crippen LogP contribution in [0, 0.1) is 0 Å². The lowest BCUT2D eigenvalue weighted by molar-refractivity contribution is 0.103. The molecule has 2 N–H and O–H groups in total. The number of rotatable bonds is 6. The number of aryl methyl sites for hydroxylation is 1. The highest BCUT2D eigenvalue weighted by Gasteiger charge is 2.26. The molecule has 0 atom stereocenters. The van der Waals surface area contributed by atoms with E-state index in [1.807, 2.05) is 12.1 Å². The molecule has 4 rings (SSSR count). The molecule has 162 valence electrons. The summed E-state index contributed by atoms with van der Waals surface area (Å²) in [6, 6.07) is 15.0. The van der Waals surface area contributed by atoms with E-state index < -0.39 is 0 Å². The van der Waals surface area contributed by atoms with Crippen LogP contribution in [-0.2, 0) is 13.0 Å². The van der Waals surface area contributed by atoms with Crippen molar-refractivity contribution in [3.63, 3.8) is 0 Å². The number of nitrogens with two attached hydrogens (primary N) is 1. The largest absolute Gasteiger partial charge is 0.390 e. The molecule has 1 aliphatic heterocycles. The Bertz CT molecular complexity index is 1060. The fourth-order valence-corrected chi connectivity index (χ4v) is 5.29. The van der Waals surface area contributed by atoms with Crippen molar-refractivity contribution in [3.8, 4) is 0 Å². The van der Waals surface area contributed by atoms with E-state index in [0.29, 0.717) is 21.2 Å². The Hall–Kier alpha value is -2.05. The molecule has 0 amide bonds. The summed E-state index contributed by atoms with van der Waals surface area (Å²) in [5.41, 5.74) is 9.87. The lowest BCUT2D eigenvalue weighted by Crippen LogP contribution is -2.46. The first-order chi connectivity index (χ1) is 15.0. The third-order valence-electron chi connectivity index (χ3n) is 5.72. The Balaban J connectivity index is 1.51. The molecule has 31 heavy (non-hydrogen) atoms. The van der Waals surface area contributed by atoms with Crippen molar-refractivity contribution in [2.75, 3.05) is 36.8 Å². The minimum absolute atomic E-state index is 0.0279. The van der Waals surface area contributed by atoms with Crippen molar-refractivity contribution in [3.05, 3.63) is 80.1 Å². The second kappa shape index (κ2) is 9.61. The van der Waals surface area contributed by atoms with Crippen molar-refractivity contribution in [2.45, 2.75) is 19.9 Å². The number of hydrogen-bond acceptors (Lipinski definition) is 5. The number of carbonyl (C=O) groups is 1. The first kappa shape index (κ1) is 22.2. The van der Waals surface area contributed by atoms with Gasteiger partial charge in [-0.3, -0.25) is 9.69 Å². The maximum atomic E-state index is 13.3. The van der Waals surface area contributed by atoms with Gasteiger partial charge in [-0.1, -0.05) is 30.1 Å². The van der Waals surface area contributed by atoms with Gasteiger partial charge in [0.2, 0.25) is 0 Å². The summed E-state index contributed by atoms with van der Waals surface area (Å²) in [6.07, 6.45) is 0.864. The molecule has 0 spiro atoms. The van der Waals surface area contributed by atoms with Crippen molar-refractivity contribution in [1.82, 2.24) is 4.90 Å². The molecule has 0 bridgehead atoms. The summed E-state index contributed by atoms with van der Waals surface area (Å²) in [5, 5.41) is 1.97. The second-order valence-corrected chi connectivity index (χ2v) is 9.68. The molecule has 2 heterocycles. The zero-order valence-electron chi connectivity index (χ0n) is 17.4. The van der Waals surface area contributed by atoms with Crippen molar-refractivity contribution >= 4 is 51.0 Å². The molecular weight excluding hydrogens is 449 g/mol. The Labute approximate surface area is 197 Å². The molecule has 0 aliphatic carbocycles. The van der Waals surface area contributed by atoms with Crippen LogP contribution >= 0.6 is 34.5 Å². The summed E-state index contributed by atoms with van der Waals surface area (Å²) in [7, 11) is 0. The van der Waals surface area contributed by atoms with E-state index in [9.17, 15) is 4.79 Å². The van der Waals surface area contributed by atoms with Gasteiger partial charge in [-0.15, -0.1) is 11.3 Å². The zero-order chi connectivity index (χ0) is 22.0. The molecule has 3 aromatic rings. The lowest BCUT2D eigenvalue weighted by atomic mass is 9.99. The molecule has 4 nitrogen and oxygen atoms in total. The SMILES string of the molecule is CCc1sc(N)c(C(=O)c2ccc(Cl)cc2)c1CN1CCN(c2ccc(Cl)cc2)CC1. The average Bonchev–Trinajstić information content (AvgIpc) is 3.10. The smallest absolute Gasteiger partial charge is 0.196 e. The van der Waals surface area contributed by atoms with E-state index in [1.165, 1.54) is 21.9 Å². The summed E-state index contributed by atoms with van der Waals surface area (Å²) < 4.78 is 0. The van der Waals surface area contributed by atoms with Gasteiger partial charge in [-0.05, 0) is 60.5 Å². The first-order valence-corrected chi connectivity index (χ1v) is 12.0. The molecule has 7 heteroatoms. The molecule has 0 saturated carbocycles. The molecule has 1 aromatic heterocycles. The van der Waals surface area contributed by atoms with E-state index in [1.54, 1.807) is 24.3 Å². The van der Waals surface area contributed by atoms with E-state index in [-0.39, 0.29) is 5.78 Å². The minimum atomic E-state index is -0.0279. The number of anilines is 2. The normalized spacial score (nSPS) is 14.7. The van der Waals surface area contributed by atoms with Crippen LogP contribution in [0.25, 0.3) is 0 Å². The fraction of sp³-hybridized carbons (Fsp3) is 0.292. The predicted octanol–water partition coefficient (Wildman–Crippen LogP) is 5.75. The van der Waals surface area contributed by atoms with E-state index in [2.05, 4.69) is 28.9 Å². The average molecular weight is 474 g/mol. The molecule has 2 aromatic carbocycles. The van der Waals surface area contributed by atoms with Crippen molar-refractivity contribution in [2.24, 2.45) is 0 Å². The van der Waals surface area contributed by atoms with Gasteiger partial charge in [0, 0.05) is 58.9 Å². The molecule has 1 fully saturated rings. The maximum Gasteiger partial charge on any atom is 0.196 e. The van der Waals surface area contributed by atoms with Gasteiger partial charge in [-0.2, -0.15) is 0 Å². The van der Waals surface area contributed by atoms with Gasteiger partial charge in [0.15, 0.2) is 5.78 Å². The van der Waals surface area contributed by atoms with Gasteiger partial charge in [0.05, 0.1) is 10.6 Å². The molecule has 0 radical (unpaired) electrons. The van der Waals surface area contributed by atoms with E-state index >= 15 is 0 Å². The number of halogens is 2. The highest BCUT2D eigenvalue weighted by atomic mass is 35.5. The zero-order valence-corrected chi connectivity index (χ0v) is 19.7. The Morgan fingerprint density at radius 3 is 2.13 bits per heavy atom. The lowest BCUT2D eigenvalue weighted by Gasteiger charge is -2.36. The van der Waals surface area contributed by atoms with Gasteiger partial charge in [-0.25, -0.2) is 0 Å². The second-order valence-electron chi connectivity index (χ2n) is 7.67. The minimum Gasteiger partial charge on any atom is -0.390 e. The van der Waals surface area contributed by atoms with Crippen molar-refractivity contribution in [1.29, 1.82) is 0 Å². The van der Waals surface area contributed by atoms with Crippen LogP contribution in [0.1, 0.15) is 33.3 Å². The van der Waals surface area contributed by atoms with Gasteiger partial charge in [0.25, 0.3) is 0 Å².